The van der Waals surface area contributed by atoms with Crippen LogP contribution in [0.5, 0.6) is 0 Å². The van der Waals surface area contributed by atoms with Gasteiger partial charge in [-0.05, 0) is 54.6 Å². The zero-order valence-electron chi connectivity index (χ0n) is 20.2. The number of carbonyl (C=O) groups excluding carboxylic acids is 1. The van der Waals surface area contributed by atoms with E-state index in [4.69, 9.17) is 9.31 Å². The Kier molecular flexibility index (Phi) is 8.19. The number of nitrogens with zero attached hydrogens (tertiary/aromatic N) is 1. The van der Waals surface area contributed by atoms with Crippen molar-refractivity contribution in [2.24, 2.45) is 5.41 Å². The van der Waals surface area contributed by atoms with Crippen LogP contribution in [0.2, 0.25) is 0 Å². The summed E-state index contributed by atoms with van der Waals surface area (Å²) in [5, 5.41) is 12.1. The molecule has 0 atom stereocenters. The number of anilines is 1. The minimum atomic E-state index is -3.50. The van der Waals surface area contributed by atoms with Crippen LogP contribution in [-0.4, -0.2) is 40.4 Å². The molecule has 0 radical (unpaired) electrons. The molecule has 0 aromatic heterocycles. The fraction of sp³-hybridized carbons (Fsp3) is 0.440. The second-order valence-corrected chi connectivity index (χ2v) is 11.7. The second-order valence-electron chi connectivity index (χ2n) is 9.43. The Balaban J connectivity index is 1.54. The van der Waals surface area contributed by atoms with Crippen molar-refractivity contribution in [2.75, 3.05) is 24.3 Å². The van der Waals surface area contributed by atoms with E-state index in [-0.39, 0.29) is 34.7 Å². The van der Waals surface area contributed by atoms with Gasteiger partial charge >= 0.3 is 7.12 Å². The van der Waals surface area contributed by atoms with Gasteiger partial charge in [-0.3, -0.25) is 4.79 Å². The summed E-state index contributed by atoms with van der Waals surface area (Å²) in [4.78, 5) is 12.4. The molecule has 0 unspecified atom stereocenters. The van der Waals surface area contributed by atoms with Crippen molar-refractivity contribution in [1.82, 2.24) is 0 Å². The molecule has 0 saturated carbocycles. The average molecular weight is 482 g/mol. The summed E-state index contributed by atoms with van der Waals surface area (Å²) >= 11 is 0. The molecule has 180 valence electrons. The van der Waals surface area contributed by atoms with Crippen LogP contribution in [0.3, 0.4) is 0 Å². The summed E-state index contributed by atoms with van der Waals surface area (Å²) in [6.45, 7) is 9.10. The molecule has 2 aromatic carbocycles. The van der Waals surface area contributed by atoms with Crippen LogP contribution in [0.15, 0.2) is 41.3 Å². The molecule has 1 saturated heterocycles. The second kappa shape index (κ2) is 10.7. The number of nitrogens with one attached hydrogen (secondary N) is 1. The maximum atomic E-state index is 12.4. The van der Waals surface area contributed by atoms with E-state index >= 15 is 0 Å². The summed E-state index contributed by atoms with van der Waals surface area (Å²) in [5.74, 6) is -0.275. The zero-order chi connectivity index (χ0) is 24.9. The number of hydrogen-bond acceptors (Lipinski definition) is 6. The number of aryl methyl sites for hydroxylation is 2. The van der Waals surface area contributed by atoms with Crippen LogP contribution in [0, 0.1) is 23.7 Å². The number of sulfone groups is 1. The molecule has 0 aliphatic carbocycles. The van der Waals surface area contributed by atoms with Gasteiger partial charge in [0.15, 0.2) is 9.84 Å². The smallest absolute Gasteiger partial charge is 0.407 e. The molecule has 1 aliphatic rings. The standard InChI is InChI=1S/C25H31BN2O5S/c1-5-34(30,31)23-12-11-22(14-20(23)15-27)28-24(29)8-6-7-19-9-10-21(13-18(19)2)26-32-16-25(3,4)17-33-26/h9-14H,5-8,16-17H2,1-4H3,(H,28,29). The minimum Gasteiger partial charge on any atom is -0.407 e. The number of amides is 1. The Bertz CT molecular complexity index is 1190. The first-order valence-electron chi connectivity index (χ1n) is 11.4. The van der Waals surface area contributed by atoms with E-state index in [1.54, 1.807) is 0 Å². The van der Waals surface area contributed by atoms with Crippen LogP contribution < -0.4 is 10.8 Å². The van der Waals surface area contributed by atoms with E-state index in [2.05, 4.69) is 31.3 Å². The molecule has 1 N–H and O–H groups in total. The molecular formula is C25H31BN2O5S. The first kappa shape index (κ1) is 25.9. The molecular weight excluding hydrogens is 451 g/mol. The highest BCUT2D eigenvalue weighted by Gasteiger charge is 2.33. The van der Waals surface area contributed by atoms with Gasteiger partial charge in [-0.2, -0.15) is 5.26 Å². The van der Waals surface area contributed by atoms with Crippen molar-refractivity contribution in [2.45, 2.75) is 51.9 Å². The molecule has 1 fully saturated rings. The first-order valence-corrected chi connectivity index (χ1v) is 13.1. The third kappa shape index (κ3) is 6.47. The first-order chi connectivity index (χ1) is 16.0. The van der Waals surface area contributed by atoms with Crippen LogP contribution in [-0.2, 0) is 30.4 Å². The molecule has 7 nitrogen and oxygen atoms in total. The summed E-state index contributed by atoms with van der Waals surface area (Å²) in [5.41, 5.74) is 3.75. The van der Waals surface area contributed by atoms with Gasteiger partial charge in [0, 0.05) is 30.7 Å². The monoisotopic (exact) mass is 482 g/mol. The molecule has 1 aliphatic heterocycles. The lowest BCUT2D eigenvalue weighted by atomic mass is 9.75. The number of nitriles is 1. The molecule has 34 heavy (non-hydrogen) atoms. The van der Waals surface area contributed by atoms with Gasteiger partial charge in [0.25, 0.3) is 0 Å². The molecule has 0 spiro atoms. The van der Waals surface area contributed by atoms with Gasteiger partial charge in [0.2, 0.25) is 5.91 Å². The van der Waals surface area contributed by atoms with Crippen molar-refractivity contribution < 1.29 is 22.5 Å². The Morgan fingerprint density at radius 1 is 1.18 bits per heavy atom. The lowest BCUT2D eigenvalue weighted by Gasteiger charge is -2.33. The van der Waals surface area contributed by atoms with Crippen LogP contribution >= 0.6 is 0 Å². The van der Waals surface area contributed by atoms with E-state index < -0.39 is 9.84 Å². The Morgan fingerprint density at radius 2 is 1.88 bits per heavy atom. The predicted octanol–water partition coefficient (Wildman–Crippen LogP) is 3.39. The number of hydrogen-bond donors (Lipinski definition) is 1. The topological polar surface area (TPSA) is 105 Å². The Hall–Kier alpha value is -2.67. The van der Waals surface area contributed by atoms with Crippen LogP contribution in [0.1, 0.15) is 50.3 Å². The zero-order valence-corrected chi connectivity index (χ0v) is 21.0. The average Bonchev–Trinajstić information content (AvgIpc) is 2.80. The maximum absolute atomic E-state index is 12.4. The normalized spacial score (nSPS) is 15.6. The molecule has 3 rings (SSSR count). The summed E-state index contributed by atoms with van der Waals surface area (Å²) in [6.07, 6.45) is 1.71. The van der Waals surface area contributed by atoms with E-state index in [1.165, 1.54) is 25.1 Å². The molecule has 2 aromatic rings. The highest BCUT2D eigenvalue weighted by Crippen LogP contribution is 2.23. The van der Waals surface area contributed by atoms with E-state index in [1.807, 2.05) is 19.1 Å². The largest absolute Gasteiger partial charge is 0.493 e. The van der Waals surface area contributed by atoms with Crippen molar-refractivity contribution in [1.29, 1.82) is 5.26 Å². The summed E-state index contributed by atoms with van der Waals surface area (Å²) < 4.78 is 35.9. The highest BCUT2D eigenvalue weighted by atomic mass is 32.2. The van der Waals surface area contributed by atoms with Crippen molar-refractivity contribution in [3.05, 3.63) is 53.1 Å². The fourth-order valence-corrected chi connectivity index (χ4v) is 4.84. The summed E-state index contributed by atoms with van der Waals surface area (Å²) in [7, 11) is -3.85. The lowest BCUT2D eigenvalue weighted by Crippen LogP contribution is -2.47. The maximum Gasteiger partial charge on any atom is 0.493 e. The lowest BCUT2D eigenvalue weighted by molar-refractivity contribution is -0.116. The van der Waals surface area contributed by atoms with Crippen molar-refractivity contribution >= 4 is 34.0 Å². The van der Waals surface area contributed by atoms with Gasteiger partial charge < -0.3 is 14.6 Å². The van der Waals surface area contributed by atoms with Gasteiger partial charge in [0.1, 0.15) is 6.07 Å². The number of carbonyl (C=O) groups is 1. The SMILES string of the molecule is CCS(=O)(=O)c1ccc(NC(=O)CCCc2ccc(B3OCC(C)(C)CO3)cc2C)cc1C#N. The van der Waals surface area contributed by atoms with Gasteiger partial charge in [-0.1, -0.05) is 39.0 Å². The van der Waals surface area contributed by atoms with E-state index in [0.717, 1.165) is 23.0 Å². The molecule has 1 amide bonds. The molecule has 9 heteroatoms. The van der Waals surface area contributed by atoms with Crippen molar-refractivity contribution in [3.8, 4) is 6.07 Å². The Morgan fingerprint density at radius 3 is 2.50 bits per heavy atom. The van der Waals surface area contributed by atoms with E-state index in [0.29, 0.717) is 31.7 Å². The number of benzene rings is 2. The van der Waals surface area contributed by atoms with Gasteiger partial charge in [-0.25, -0.2) is 8.42 Å². The van der Waals surface area contributed by atoms with Crippen LogP contribution in [0.25, 0.3) is 0 Å². The quantitative estimate of drug-likeness (QED) is 0.579. The highest BCUT2D eigenvalue weighted by molar-refractivity contribution is 7.91. The predicted molar refractivity (Wildman–Crippen MR) is 133 cm³/mol. The van der Waals surface area contributed by atoms with Gasteiger partial charge in [0.05, 0.1) is 16.2 Å². The van der Waals surface area contributed by atoms with Crippen molar-refractivity contribution in [3.63, 3.8) is 0 Å². The molecule has 0 bridgehead atoms. The Labute approximate surface area is 202 Å². The minimum absolute atomic E-state index is 0.0119. The van der Waals surface area contributed by atoms with Gasteiger partial charge in [-0.15, -0.1) is 0 Å². The van der Waals surface area contributed by atoms with E-state index in [9.17, 15) is 18.5 Å². The van der Waals surface area contributed by atoms with Crippen LogP contribution in [0.4, 0.5) is 5.69 Å². The molecule has 1 heterocycles. The third-order valence-corrected chi connectivity index (χ3v) is 7.62. The summed E-state index contributed by atoms with van der Waals surface area (Å²) in [6, 6.07) is 12.3. The number of rotatable bonds is 8. The third-order valence-electron chi connectivity index (χ3n) is 5.84. The fourth-order valence-electron chi connectivity index (χ4n) is 3.82.